The predicted molar refractivity (Wildman–Crippen MR) is 128 cm³/mol. The molecule has 5 rings (SSSR count). The summed E-state index contributed by atoms with van der Waals surface area (Å²) in [5.74, 6) is 1.15. The van der Waals surface area contributed by atoms with Crippen molar-refractivity contribution in [2.75, 3.05) is 32.2 Å². The van der Waals surface area contributed by atoms with E-state index in [0.717, 1.165) is 12.0 Å². The zero-order chi connectivity index (χ0) is 24.1. The van der Waals surface area contributed by atoms with Crippen LogP contribution < -0.4 is 15.8 Å². The Balaban J connectivity index is 1.50. The summed E-state index contributed by atoms with van der Waals surface area (Å²) < 4.78 is 23.1. The maximum atomic E-state index is 13.1. The number of amidine groups is 1. The summed E-state index contributed by atoms with van der Waals surface area (Å²) in [7, 11) is 1.59. The van der Waals surface area contributed by atoms with Gasteiger partial charge in [-0.15, -0.1) is 0 Å². The molecule has 0 bridgehead atoms. The van der Waals surface area contributed by atoms with Crippen molar-refractivity contribution in [3.8, 4) is 5.75 Å². The SMILES string of the molecule is COC1=CCC(C)C=C(C(=O)Nc2ccc3c(c2)C2(COC(N)=N2)C2(COC2)C(C)(C)O3)N=C1. The minimum Gasteiger partial charge on any atom is -0.495 e. The van der Waals surface area contributed by atoms with E-state index in [2.05, 4.69) is 10.3 Å². The van der Waals surface area contributed by atoms with Gasteiger partial charge >= 0.3 is 0 Å². The third-order valence-electron chi connectivity index (χ3n) is 7.35. The van der Waals surface area contributed by atoms with Crippen molar-refractivity contribution in [2.45, 2.75) is 38.3 Å². The zero-order valence-electron chi connectivity index (χ0n) is 19.9. The third-order valence-corrected chi connectivity index (χ3v) is 7.35. The maximum absolute atomic E-state index is 13.1. The van der Waals surface area contributed by atoms with Crippen molar-refractivity contribution in [3.05, 3.63) is 47.4 Å². The standard InChI is InChI=1S/C25H30N4O5/c1-15-5-7-17(31-4)11-27-19(9-15)21(30)28-16-6-8-20-18(10-16)25(14-33-22(26)29-25)24(12-32-13-24)23(2,3)34-20/h6-11,15H,5,12-14H2,1-4H3,(H2,26,29)(H,28,30). The summed E-state index contributed by atoms with van der Waals surface area (Å²) in [5.41, 5.74) is 6.00. The molecule has 0 aliphatic carbocycles. The number of carbonyl (C=O) groups excluding carboxylic acids is 1. The van der Waals surface area contributed by atoms with Crippen LogP contribution in [0, 0.1) is 11.3 Å². The van der Waals surface area contributed by atoms with Crippen LogP contribution in [0.5, 0.6) is 5.75 Å². The fraction of sp³-hybridized carbons (Fsp3) is 0.480. The molecule has 0 saturated carbocycles. The molecule has 1 aromatic carbocycles. The largest absolute Gasteiger partial charge is 0.495 e. The van der Waals surface area contributed by atoms with Gasteiger partial charge in [0.05, 0.1) is 32.0 Å². The van der Waals surface area contributed by atoms with Crippen molar-refractivity contribution in [3.63, 3.8) is 0 Å². The lowest BCUT2D eigenvalue weighted by Crippen LogP contribution is -2.71. The molecule has 4 aliphatic rings. The van der Waals surface area contributed by atoms with Crippen molar-refractivity contribution in [1.82, 2.24) is 0 Å². The average molecular weight is 467 g/mol. The number of ether oxygens (including phenoxy) is 4. The number of hydrogen-bond acceptors (Lipinski definition) is 8. The first kappa shape index (κ1) is 22.5. The lowest BCUT2D eigenvalue weighted by molar-refractivity contribution is -0.247. The second-order valence-electron chi connectivity index (χ2n) is 9.79. The molecule has 34 heavy (non-hydrogen) atoms. The van der Waals surface area contributed by atoms with Gasteiger partial charge in [-0.25, -0.2) is 9.98 Å². The Kier molecular flexibility index (Phi) is 5.20. The van der Waals surface area contributed by atoms with Crippen molar-refractivity contribution in [2.24, 2.45) is 27.1 Å². The van der Waals surface area contributed by atoms with Crippen LogP contribution in [0.1, 0.15) is 32.8 Å². The summed E-state index contributed by atoms with van der Waals surface area (Å²) in [4.78, 5) is 22.3. The highest BCUT2D eigenvalue weighted by Crippen LogP contribution is 2.62. The summed E-state index contributed by atoms with van der Waals surface area (Å²) in [6, 6.07) is 5.71. The normalized spacial score (nSPS) is 28.2. The molecular formula is C25H30N4O5. The minimum absolute atomic E-state index is 0.136. The van der Waals surface area contributed by atoms with Gasteiger partial charge in [-0.2, -0.15) is 0 Å². The van der Waals surface area contributed by atoms with Gasteiger partial charge in [-0.05, 0) is 56.5 Å². The number of allylic oxidation sites excluding steroid dienone is 3. The molecule has 2 unspecified atom stereocenters. The number of amides is 1. The molecule has 2 atom stereocenters. The molecular weight excluding hydrogens is 436 g/mol. The van der Waals surface area contributed by atoms with Gasteiger partial charge in [0, 0.05) is 11.3 Å². The molecule has 0 aromatic heterocycles. The van der Waals surface area contributed by atoms with Gasteiger partial charge < -0.3 is 30.0 Å². The Labute approximate surface area is 198 Å². The summed E-state index contributed by atoms with van der Waals surface area (Å²) >= 11 is 0. The van der Waals surface area contributed by atoms with Crippen LogP contribution in [0.4, 0.5) is 5.69 Å². The molecule has 0 radical (unpaired) electrons. The lowest BCUT2D eigenvalue weighted by Gasteiger charge is -2.61. The van der Waals surface area contributed by atoms with Crippen LogP contribution in [0.25, 0.3) is 0 Å². The van der Waals surface area contributed by atoms with E-state index in [0.29, 0.717) is 42.7 Å². The fourth-order valence-electron chi connectivity index (χ4n) is 5.19. The van der Waals surface area contributed by atoms with Crippen molar-refractivity contribution < 1.29 is 23.7 Å². The van der Waals surface area contributed by atoms with Gasteiger partial charge in [0.25, 0.3) is 11.9 Å². The molecule has 180 valence electrons. The molecule has 4 aliphatic heterocycles. The Morgan fingerprint density at radius 2 is 2.06 bits per heavy atom. The highest BCUT2D eigenvalue weighted by atomic mass is 16.5. The first-order valence-electron chi connectivity index (χ1n) is 11.4. The fourth-order valence-corrected chi connectivity index (χ4v) is 5.19. The van der Waals surface area contributed by atoms with Crippen LogP contribution in [0.2, 0.25) is 0 Å². The van der Waals surface area contributed by atoms with E-state index in [1.54, 1.807) is 13.3 Å². The molecule has 2 spiro atoms. The third kappa shape index (κ3) is 3.29. The molecule has 1 saturated heterocycles. The molecule has 9 heteroatoms. The first-order valence-corrected chi connectivity index (χ1v) is 11.4. The second-order valence-corrected chi connectivity index (χ2v) is 9.79. The Morgan fingerprint density at radius 3 is 2.71 bits per heavy atom. The predicted octanol–water partition coefficient (Wildman–Crippen LogP) is 2.88. The molecule has 3 N–H and O–H groups in total. The number of nitrogens with one attached hydrogen (secondary N) is 1. The van der Waals surface area contributed by atoms with Gasteiger partial charge in [-0.3, -0.25) is 4.79 Å². The van der Waals surface area contributed by atoms with Crippen molar-refractivity contribution >= 4 is 23.8 Å². The number of fused-ring (bicyclic) bond motifs is 3. The van der Waals surface area contributed by atoms with Gasteiger partial charge in [0.2, 0.25) is 0 Å². The molecule has 1 aromatic rings. The summed E-state index contributed by atoms with van der Waals surface area (Å²) in [6.45, 7) is 7.36. The smallest absolute Gasteiger partial charge is 0.283 e. The lowest BCUT2D eigenvalue weighted by atomic mass is 9.55. The molecule has 9 nitrogen and oxygen atoms in total. The number of methoxy groups -OCH3 is 1. The monoisotopic (exact) mass is 466 g/mol. The number of rotatable bonds is 3. The minimum atomic E-state index is -0.766. The number of hydrogen-bond donors (Lipinski definition) is 2. The van der Waals surface area contributed by atoms with Crippen molar-refractivity contribution in [1.29, 1.82) is 0 Å². The summed E-state index contributed by atoms with van der Waals surface area (Å²) in [5, 5.41) is 2.98. The van der Waals surface area contributed by atoms with Crippen LogP contribution in [0.15, 0.2) is 51.8 Å². The Bertz CT molecular complexity index is 1150. The Hall–Kier alpha value is -3.33. The van der Waals surface area contributed by atoms with Gasteiger partial charge in [0.1, 0.15) is 35.0 Å². The van der Waals surface area contributed by atoms with Crippen LogP contribution in [-0.2, 0) is 24.5 Å². The quantitative estimate of drug-likeness (QED) is 0.708. The van der Waals surface area contributed by atoms with E-state index >= 15 is 0 Å². The van der Waals surface area contributed by atoms with E-state index in [9.17, 15) is 4.79 Å². The number of nitrogens with zero attached hydrogens (tertiary/aromatic N) is 2. The first-order chi connectivity index (χ1) is 16.2. The highest BCUT2D eigenvalue weighted by Gasteiger charge is 2.71. The van der Waals surface area contributed by atoms with E-state index < -0.39 is 16.6 Å². The number of carbonyl (C=O) groups is 1. The highest BCUT2D eigenvalue weighted by molar-refractivity contribution is 6.05. The van der Waals surface area contributed by atoms with E-state index in [4.69, 9.17) is 29.7 Å². The average Bonchev–Trinajstić information content (AvgIpc) is 3.12. The number of nitrogens with two attached hydrogens (primary N) is 1. The van der Waals surface area contributed by atoms with Crippen LogP contribution in [-0.4, -0.2) is 50.7 Å². The van der Waals surface area contributed by atoms with Crippen LogP contribution >= 0.6 is 0 Å². The van der Waals surface area contributed by atoms with Gasteiger partial charge in [0.15, 0.2) is 0 Å². The van der Waals surface area contributed by atoms with E-state index in [-0.39, 0.29) is 17.8 Å². The van der Waals surface area contributed by atoms with Gasteiger partial charge in [-0.1, -0.05) is 6.92 Å². The van der Waals surface area contributed by atoms with E-state index in [1.165, 1.54) is 0 Å². The van der Waals surface area contributed by atoms with E-state index in [1.807, 2.05) is 51.1 Å². The topological polar surface area (TPSA) is 117 Å². The molecule has 4 heterocycles. The number of anilines is 1. The van der Waals surface area contributed by atoms with Crippen LogP contribution in [0.3, 0.4) is 0 Å². The maximum Gasteiger partial charge on any atom is 0.283 e. The molecule has 1 amide bonds. The number of benzene rings is 1. The number of aliphatic imine (C=N–C) groups is 2. The zero-order valence-corrected chi connectivity index (χ0v) is 19.9. The second kappa shape index (κ2) is 7.87. The molecule has 1 fully saturated rings. The Morgan fingerprint density at radius 1 is 1.26 bits per heavy atom. The summed E-state index contributed by atoms with van der Waals surface area (Å²) in [6.07, 6.45) is 6.13.